The van der Waals surface area contributed by atoms with Gasteiger partial charge in [-0.05, 0) is 74.4 Å². The summed E-state index contributed by atoms with van der Waals surface area (Å²) in [5.74, 6) is 0. The van der Waals surface area contributed by atoms with Crippen LogP contribution in [-0.4, -0.2) is 66.8 Å². The lowest BCUT2D eigenvalue weighted by Crippen LogP contribution is -2.49. The van der Waals surface area contributed by atoms with Crippen molar-refractivity contribution < 1.29 is 9.53 Å². The number of likely N-dealkylation sites (tertiary alicyclic amines) is 1. The second-order valence-corrected chi connectivity index (χ2v) is 8.29. The van der Waals surface area contributed by atoms with Crippen molar-refractivity contribution in [1.29, 1.82) is 0 Å². The maximum absolute atomic E-state index is 12.4. The molecule has 5 nitrogen and oxygen atoms in total. The fourth-order valence-electron chi connectivity index (χ4n) is 3.37. The van der Waals surface area contributed by atoms with Crippen molar-refractivity contribution in [2.24, 2.45) is 0 Å². The van der Waals surface area contributed by atoms with Gasteiger partial charge in [-0.2, -0.15) is 0 Å². The molecule has 0 aliphatic carbocycles. The molecule has 0 saturated carbocycles. The summed E-state index contributed by atoms with van der Waals surface area (Å²) in [6.45, 7) is 12.0. The van der Waals surface area contributed by atoms with Crippen LogP contribution in [0.25, 0.3) is 0 Å². The first-order valence-electron chi connectivity index (χ1n) is 8.99. The van der Waals surface area contributed by atoms with Gasteiger partial charge in [0.15, 0.2) is 0 Å². The molecule has 1 aliphatic rings. The quantitative estimate of drug-likeness (QED) is 0.814. The summed E-state index contributed by atoms with van der Waals surface area (Å²) >= 11 is 0. The molecule has 0 aromatic carbocycles. The van der Waals surface area contributed by atoms with E-state index in [4.69, 9.17) is 4.74 Å². The molecule has 3 atom stereocenters. The van der Waals surface area contributed by atoms with Crippen molar-refractivity contribution in [3.05, 3.63) is 0 Å². The third-order valence-corrected chi connectivity index (χ3v) is 4.09. The van der Waals surface area contributed by atoms with Crippen LogP contribution in [0.15, 0.2) is 0 Å². The standard InChI is InChI=1S/C18H37N3O2/c1-14(19-15(2)13-20(6)7)12-16-10-8-9-11-21(16)17(22)23-18(3,4)5/h14-16,19H,8-13H2,1-7H3. The van der Waals surface area contributed by atoms with Gasteiger partial charge in [0.05, 0.1) is 0 Å². The maximum atomic E-state index is 12.4. The molecule has 0 aromatic rings. The van der Waals surface area contributed by atoms with E-state index in [-0.39, 0.29) is 12.1 Å². The number of likely N-dealkylation sites (N-methyl/N-ethyl adjacent to an activating group) is 1. The Labute approximate surface area is 142 Å². The number of carbonyl (C=O) groups is 1. The van der Waals surface area contributed by atoms with Crippen LogP contribution >= 0.6 is 0 Å². The van der Waals surface area contributed by atoms with Crippen LogP contribution in [0, 0.1) is 0 Å². The molecule has 1 rings (SSSR count). The SMILES string of the molecule is CC(CC1CCCCN1C(=O)OC(C)(C)C)NC(C)CN(C)C. The predicted octanol–water partition coefficient (Wildman–Crippen LogP) is 3.09. The van der Waals surface area contributed by atoms with Crippen LogP contribution in [-0.2, 0) is 4.74 Å². The zero-order valence-corrected chi connectivity index (χ0v) is 16.2. The van der Waals surface area contributed by atoms with Crippen LogP contribution in [0.3, 0.4) is 0 Å². The summed E-state index contributed by atoms with van der Waals surface area (Å²) in [6, 6.07) is 1.12. The Hall–Kier alpha value is -0.810. The van der Waals surface area contributed by atoms with Crippen molar-refractivity contribution in [2.45, 2.75) is 84.0 Å². The minimum atomic E-state index is -0.427. The molecule has 1 fully saturated rings. The average Bonchev–Trinajstić information content (AvgIpc) is 2.35. The zero-order chi connectivity index (χ0) is 17.6. The monoisotopic (exact) mass is 327 g/mol. The van der Waals surface area contributed by atoms with Gasteiger partial charge in [-0.25, -0.2) is 4.79 Å². The Kier molecular flexibility index (Phi) is 7.81. The van der Waals surface area contributed by atoms with Crippen molar-refractivity contribution >= 4 is 6.09 Å². The number of nitrogens with one attached hydrogen (secondary N) is 1. The number of amides is 1. The molecule has 0 spiro atoms. The topological polar surface area (TPSA) is 44.8 Å². The summed E-state index contributed by atoms with van der Waals surface area (Å²) in [6.07, 6.45) is 4.18. The van der Waals surface area contributed by atoms with Gasteiger partial charge in [0.2, 0.25) is 0 Å². The summed E-state index contributed by atoms with van der Waals surface area (Å²) in [5.41, 5.74) is -0.427. The number of carbonyl (C=O) groups excluding carboxylic acids is 1. The van der Waals surface area contributed by atoms with E-state index in [0.29, 0.717) is 12.1 Å². The molecular weight excluding hydrogens is 290 g/mol. The van der Waals surface area contributed by atoms with Gasteiger partial charge >= 0.3 is 6.09 Å². The van der Waals surface area contributed by atoms with Gasteiger partial charge in [-0.3, -0.25) is 0 Å². The third-order valence-electron chi connectivity index (χ3n) is 4.09. The molecule has 23 heavy (non-hydrogen) atoms. The first kappa shape index (κ1) is 20.2. The molecule has 1 heterocycles. The summed E-state index contributed by atoms with van der Waals surface area (Å²) in [5, 5.41) is 3.65. The van der Waals surface area contributed by atoms with E-state index in [1.807, 2.05) is 25.7 Å². The maximum Gasteiger partial charge on any atom is 0.410 e. The van der Waals surface area contributed by atoms with Crippen molar-refractivity contribution in [1.82, 2.24) is 15.1 Å². The highest BCUT2D eigenvalue weighted by Crippen LogP contribution is 2.23. The lowest BCUT2D eigenvalue weighted by molar-refractivity contribution is 0.00778. The van der Waals surface area contributed by atoms with Crippen LogP contribution < -0.4 is 5.32 Å². The zero-order valence-electron chi connectivity index (χ0n) is 16.2. The number of nitrogens with zero attached hydrogens (tertiary/aromatic N) is 2. The van der Waals surface area contributed by atoms with Gasteiger partial charge in [0, 0.05) is 31.2 Å². The molecule has 0 aromatic heterocycles. The molecular formula is C18H37N3O2. The number of hydrogen-bond donors (Lipinski definition) is 1. The summed E-state index contributed by atoms with van der Waals surface area (Å²) in [4.78, 5) is 16.6. The van der Waals surface area contributed by atoms with E-state index in [1.165, 1.54) is 6.42 Å². The average molecular weight is 328 g/mol. The summed E-state index contributed by atoms with van der Waals surface area (Å²) in [7, 11) is 4.18. The van der Waals surface area contributed by atoms with Crippen molar-refractivity contribution in [3.8, 4) is 0 Å². The van der Waals surface area contributed by atoms with Crippen LogP contribution in [0.2, 0.25) is 0 Å². The highest BCUT2D eigenvalue weighted by atomic mass is 16.6. The molecule has 1 amide bonds. The van der Waals surface area contributed by atoms with Crippen molar-refractivity contribution in [3.63, 3.8) is 0 Å². The van der Waals surface area contributed by atoms with E-state index in [1.54, 1.807) is 0 Å². The normalized spacial score (nSPS) is 22.1. The fraction of sp³-hybridized carbons (Fsp3) is 0.944. The highest BCUT2D eigenvalue weighted by molar-refractivity contribution is 5.68. The Morgan fingerprint density at radius 3 is 2.48 bits per heavy atom. The minimum Gasteiger partial charge on any atom is -0.444 e. The number of ether oxygens (including phenoxy) is 1. The molecule has 0 radical (unpaired) electrons. The second kappa shape index (κ2) is 8.88. The first-order chi connectivity index (χ1) is 10.6. The smallest absolute Gasteiger partial charge is 0.410 e. The Bertz CT molecular complexity index is 366. The fourth-order valence-corrected chi connectivity index (χ4v) is 3.37. The molecule has 5 heteroatoms. The number of piperidine rings is 1. The largest absolute Gasteiger partial charge is 0.444 e. The Morgan fingerprint density at radius 1 is 1.26 bits per heavy atom. The van der Waals surface area contributed by atoms with Gasteiger partial charge in [0.1, 0.15) is 5.60 Å². The predicted molar refractivity (Wildman–Crippen MR) is 95.8 cm³/mol. The first-order valence-corrected chi connectivity index (χ1v) is 8.99. The molecule has 3 unspecified atom stereocenters. The molecule has 136 valence electrons. The van der Waals surface area contributed by atoms with E-state index in [2.05, 4.69) is 38.2 Å². The van der Waals surface area contributed by atoms with Crippen LogP contribution in [0.5, 0.6) is 0 Å². The van der Waals surface area contributed by atoms with Gasteiger partial charge in [-0.15, -0.1) is 0 Å². The van der Waals surface area contributed by atoms with Crippen LogP contribution in [0.1, 0.15) is 60.3 Å². The molecule has 0 bridgehead atoms. The van der Waals surface area contributed by atoms with Gasteiger partial charge in [0.25, 0.3) is 0 Å². The number of rotatable bonds is 6. The van der Waals surface area contributed by atoms with E-state index >= 15 is 0 Å². The third kappa shape index (κ3) is 8.02. The minimum absolute atomic E-state index is 0.157. The second-order valence-electron chi connectivity index (χ2n) is 8.29. The lowest BCUT2D eigenvalue weighted by atomic mass is 9.96. The summed E-state index contributed by atoms with van der Waals surface area (Å²) < 4.78 is 5.58. The highest BCUT2D eigenvalue weighted by Gasteiger charge is 2.31. The van der Waals surface area contributed by atoms with Gasteiger partial charge in [-0.1, -0.05) is 0 Å². The van der Waals surface area contributed by atoms with E-state index in [0.717, 1.165) is 32.4 Å². The molecule has 1 aliphatic heterocycles. The number of hydrogen-bond acceptors (Lipinski definition) is 4. The molecule has 1 saturated heterocycles. The van der Waals surface area contributed by atoms with Gasteiger partial charge < -0.3 is 19.9 Å². The molecule has 1 N–H and O–H groups in total. The van der Waals surface area contributed by atoms with E-state index in [9.17, 15) is 4.79 Å². The van der Waals surface area contributed by atoms with E-state index < -0.39 is 5.60 Å². The Morgan fingerprint density at radius 2 is 1.91 bits per heavy atom. The van der Waals surface area contributed by atoms with Crippen LogP contribution in [0.4, 0.5) is 4.79 Å². The van der Waals surface area contributed by atoms with Crippen molar-refractivity contribution in [2.75, 3.05) is 27.2 Å². The lowest BCUT2D eigenvalue weighted by Gasteiger charge is -2.38. The Balaban J connectivity index is 2.55.